The van der Waals surface area contributed by atoms with Crippen molar-refractivity contribution in [1.82, 2.24) is 15.1 Å². The fourth-order valence-corrected chi connectivity index (χ4v) is 4.63. The highest BCUT2D eigenvalue weighted by atomic mass is 79.9. The van der Waals surface area contributed by atoms with Crippen molar-refractivity contribution < 1.29 is 14.4 Å². The first kappa shape index (κ1) is 18.5. The summed E-state index contributed by atoms with van der Waals surface area (Å²) in [5.74, 6) is -0.145. The van der Waals surface area contributed by atoms with E-state index in [0.29, 0.717) is 19.4 Å². The molecule has 1 aliphatic heterocycles. The predicted octanol–water partition coefficient (Wildman–Crippen LogP) is 3.19. The molecule has 1 saturated heterocycles. The molecule has 0 bridgehead atoms. The second-order valence-electron chi connectivity index (χ2n) is 7.81. The standard InChI is InChI=1S/C20H24BrN3O3/c21-15-5-3-4-14(12-15)13-24(16-6-7-16)17(25)8-11-23-18(26)20(22-19(23)27)9-1-2-10-20/h3-5,12,16H,1-2,6-11,13H2,(H,22,27). The van der Waals surface area contributed by atoms with Crippen molar-refractivity contribution in [1.29, 1.82) is 0 Å². The minimum absolute atomic E-state index is 0.00504. The van der Waals surface area contributed by atoms with Crippen LogP contribution >= 0.6 is 15.9 Å². The molecule has 27 heavy (non-hydrogen) atoms. The summed E-state index contributed by atoms with van der Waals surface area (Å²) < 4.78 is 0.990. The Balaban J connectivity index is 1.39. The Labute approximate surface area is 167 Å². The number of imide groups is 1. The van der Waals surface area contributed by atoms with Gasteiger partial charge in [0.25, 0.3) is 5.91 Å². The maximum atomic E-state index is 12.8. The molecule has 4 amide bonds. The summed E-state index contributed by atoms with van der Waals surface area (Å²) in [5, 5.41) is 2.87. The third-order valence-electron chi connectivity index (χ3n) is 5.80. The number of nitrogens with one attached hydrogen (secondary N) is 1. The number of halogens is 1. The zero-order chi connectivity index (χ0) is 19.0. The molecule has 0 atom stereocenters. The van der Waals surface area contributed by atoms with Crippen LogP contribution in [0.4, 0.5) is 4.79 Å². The van der Waals surface area contributed by atoms with Crippen LogP contribution in [-0.2, 0) is 16.1 Å². The zero-order valence-corrected chi connectivity index (χ0v) is 16.8. The number of hydrogen-bond acceptors (Lipinski definition) is 3. The molecule has 0 aromatic heterocycles. The number of carbonyl (C=O) groups excluding carboxylic acids is 3. The van der Waals surface area contributed by atoms with Crippen LogP contribution in [0.2, 0.25) is 0 Å². The molecule has 144 valence electrons. The number of nitrogens with zero attached hydrogens (tertiary/aromatic N) is 2. The minimum Gasteiger partial charge on any atom is -0.335 e. The number of carbonyl (C=O) groups is 3. The maximum Gasteiger partial charge on any atom is 0.325 e. The molecule has 3 fully saturated rings. The van der Waals surface area contributed by atoms with E-state index < -0.39 is 5.54 Å². The first-order valence-corrected chi connectivity index (χ1v) is 10.5. The van der Waals surface area contributed by atoms with E-state index >= 15 is 0 Å². The predicted molar refractivity (Wildman–Crippen MR) is 104 cm³/mol. The Bertz CT molecular complexity index is 771. The second kappa shape index (κ2) is 7.26. The quantitative estimate of drug-likeness (QED) is 0.700. The molecular weight excluding hydrogens is 410 g/mol. The molecule has 7 heteroatoms. The molecule has 2 saturated carbocycles. The van der Waals surface area contributed by atoms with Gasteiger partial charge in [0.05, 0.1) is 0 Å². The smallest absolute Gasteiger partial charge is 0.325 e. The van der Waals surface area contributed by atoms with Crippen molar-refractivity contribution in [2.45, 2.75) is 63.1 Å². The third kappa shape index (κ3) is 3.74. The lowest BCUT2D eigenvalue weighted by atomic mass is 9.98. The Morgan fingerprint density at radius 1 is 1.26 bits per heavy atom. The minimum atomic E-state index is -0.702. The average Bonchev–Trinajstić information content (AvgIpc) is 3.32. The summed E-state index contributed by atoms with van der Waals surface area (Å²) in [5.41, 5.74) is 0.372. The van der Waals surface area contributed by atoms with Crippen LogP contribution in [0.5, 0.6) is 0 Å². The second-order valence-corrected chi connectivity index (χ2v) is 8.72. The van der Waals surface area contributed by atoms with Gasteiger partial charge in [0.15, 0.2) is 0 Å². The van der Waals surface area contributed by atoms with E-state index in [9.17, 15) is 14.4 Å². The van der Waals surface area contributed by atoms with Crippen LogP contribution in [0, 0.1) is 0 Å². The molecule has 2 aliphatic carbocycles. The average molecular weight is 434 g/mol. The lowest BCUT2D eigenvalue weighted by Gasteiger charge is -2.24. The number of rotatable bonds is 6. The van der Waals surface area contributed by atoms with Gasteiger partial charge in [-0.2, -0.15) is 0 Å². The topological polar surface area (TPSA) is 69.7 Å². The fraction of sp³-hybridized carbons (Fsp3) is 0.550. The van der Waals surface area contributed by atoms with E-state index in [1.165, 1.54) is 4.90 Å². The van der Waals surface area contributed by atoms with Gasteiger partial charge in [0.2, 0.25) is 5.91 Å². The molecule has 6 nitrogen and oxygen atoms in total. The van der Waals surface area contributed by atoms with E-state index in [4.69, 9.17) is 0 Å². The van der Waals surface area contributed by atoms with Crippen molar-refractivity contribution >= 4 is 33.8 Å². The Morgan fingerprint density at radius 3 is 2.67 bits per heavy atom. The highest BCUT2D eigenvalue weighted by Gasteiger charge is 2.52. The van der Waals surface area contributed by atoms with Crippen molar-refractivity contribution in [3.8, 4) is 0 Å². The van der Waals surface area contributed by atoms with E-state index in [1.807, 2.05) is 29.2 Å². The lowest BCUT2D eigenvalue weighted by molar-refractivity contribution is -0.134. The summed E-state index contributed by atoms with van der Waals surface area (Å²) in [6.07, 6.45) is 5.55. The van der Waals surface area contributed by atoms with E-state index in [2.05, 4.69) is 21.2 Å². The van der Waals surface area contributed by atoms with Gasteiger partial charge < -0.3 is 10.2 Å². The number of hydrogen-bond donors (Lipinski definition) is 1. The van der Waals surface area contributed by atoms with Crippen molar-refractivity contribution in [2.75, 3.05) is 6.54 Å². The van der Waals surface area contributed by atoms with Gasteiger partial charge in [-0.25, -0.2) is 4.79 Å². The van der Waals surface area contributed by atoms with E-state index in [1.54, 1.807) is 0 Å². The first-order chi connectivity index (χ1) is 13.0. The normalized spacial score (nSPS) is 21.0. The Hall–Kier alpha value is -1.89. The fourth-order valence-electron chi connectivity index (χ4n) is 4.19. The van der Waals surface area contributed by atoms with Crippen molar-refractivity contribution in [3.05, 3.63) is 34.3 Å². The summed E-state index contributed by atoms with van der Waals surface area (Å²) in [4.78, 5) is 41.0. The highest BCUT2D eigenvalue weighted by molar-refractivity contribution is 9.10. The van der Waals surface area contributed by atoms with Crippen LogP contribution in [-0.4, -0.2) is 45.8 Å². The van der Waals surface area contributed by atoms with Crippen molar-refractivity contribution in [2.24, 2.45) is 0 Å². The molecule has 1 aromatic rings. The van der Waals surface area contributed by atoms with Gasteiger partial charge in [0.1, 0.15) is 5.54 Å². The van der Waals surface area contributed by atoms with Gasteiger partial charge in [-0.15, -0.1) is 0 Å². The van der Waals surface area contributed by atoms with Crippen molar-refractivity contribution in [3.63, 3.8) is 0 Å². The first-order valence-electron chi connectivity index (χ1n) is 9.66. The van der Waals surface area contributed by atoms with E-state index in [-0.39, 0.29) is 36.9 Å². The summed E-state index contributed by atoms with van der Waals surface area (Å²) in [6, 6.07) is 7.88. The largest absolute Gasteiger partial charge is 0.335 e. The molecule has 1 N–H and O–H groups in total. The number of amides is 4. The molecule has 3 aliphatic rings. The molecule has 1 aromatic carbocycles. The highest BCUT2D eigenvalue weighted by Crippen LogP contribution is 2.35. The Morgan fingerprint density at radius 2 is 2.00 bits per heavy atom. The van der Waals surface area contributed by atoms with Gasteiger partial charge in [0, 0.05) is 30.0 Å². The van der Waals surface area contributed by atoms with Crippen LogP contribution in [0.15, 0.2) is 28.7 Å². The van der Waals surface area contributed by atoms with Crippen LogP contribution in [0.3, 0.4) is 0 Å². The van der Waals surface area contributed by atoms with Crippen LogP contribution in [0.25, 0.3) is 0 Å². The monoisotopic (exact) mass is 433 g/mol. The van der Waals surface area contributed by atoms with Crippen LogP contribution in [0.1, 0.15) is 50.5 Å². The van der Waals surface area contributed by atoms with Gasteiger partial charge in [-0.1, -0.05) is 40.9 Å². The van der Waals surface area contributed by atoms with Gasteiger partial charge in [-0.05, 0) is 43.4 Å². The van der Waals surface area contributed by atoms with E-state index in [0.717, 1.165) is 35.7 Å². The van der Waals surface area contributed by atoms with Gasteiger partial charge >= 0.3 is 6.03 Å². The van der Waals surface area contributed by atoms with Crippen LogP contribution < -0.4 is 5.32 Å². The molecule has 1 heterocycles. The summed E-state index contributed by atoms with van der Waals surface area (Å²) in [6.45, 7) is 0.722. The summed E-state index contributed by atoms with van der Waals surface area (Å²) >= 11 is 3.47. The molecule has 1 spiro atoms. The van der Waals surface area contributed by atoms with Gasteiger partial charge in [-0.3, -0.25) is 14.5 Å². The lowest BCUT2D eigenvalue weighted by Crippen LogP contribution is -2.44. The molecule has 4 rings (SSSR count). The number of benzene rings is 1. The molecule has 0 unspecified atom stereocenters. The summed E-state index contributed by atoms with van der Waals surface area (Å²) in [7, 11) is 0. The third-order valence-corrected chi connectivity index (χ3v) is 6.30. The molecule has 0 radical (unpaired) electrons. The Kier molecular flexibility index (Phi) is 4.97. The molecular formula is C20H24BrN3O3. The number of urea groups is 1. The zero-order valence-electron chi connectivity index (χ0n) is 15.2. The SMILES string of the molecule is O=C1NC2(CCCC2)C(=O)N1CCC(=O)N(Cc1cccc(Br)c1)C1CC1. The maximum absolute atomic E-state index is 12.8.